The van der Waals surface area contributed by atoms with Crippen molar-refractivity contribution in [1.29, 1.82) is 0 Å². The quantitative estimate of drug-likeness (QED) is 0.296. The van der Waals surface area contributed by atoms with E-state index < -0.39 is 6.04 Å². The van der Waals surface area contributed by atoms with Crippen LogP contribution < -0.4 is 16.0 Å². The standard InChI is InChI=1S/C36H46N6O3.CH3BO/c43-33(41-17-6-1-7-18-41)29-22-36(30-12-4-2-11-28(29)30)14-19-42(20-15-36)34(44)32(40-35(45)39-26-9-8-16-37-24-26)21-25-23-38-31-13-5-3-10-27(25)31;1-2-3/h2-5,10-13,23,26,29,32,37-38H,1,6-9,14-22,24H2,(H2,39,40,45);1H3/t26?,29-,32?;/m1./s1. The second-order valence-corrected chi connectivity index (χ2v) is 13.8. The molecule has 48 heavy (non-hydrogen) atoms. The zero-order chi connectivity index (χ0) is 33.5. The number of para-hydroxylation sites is 1. The van der Waals surface area contributed by atoms with Crippen LogP contribution in [0.2, 0.25) is 6.82 Å². The monoisotopic (exact) mass is 652 g/mol. The van der Waals surface area contributed by atoms with Gasteiger partial charge in [-0.25, -0.2) is 4.79 Å². The minimum absolute atomic E-state index is 0.0423. The number of aromatic nitrogens is 1. The van der Waals surface area contributed by atoms with Crippen LogP contribution in [0.4, 0.5) is 4.79 Å². The number of carbonyl (C=O) groups excluding carboxylic acids is 3. The van der Waals surface area contributed by atoms with Crippen LogP contribution in [0.25, 0.3) is 10.9 Å². The molecule has 3 aliphatic heterocycles. The number of nitrogens with zero attached hydrogens (tertiary/aromatic N) is 2. The molecule has 7 rings (SSSR count). The zero-order valence-corrected chi connectivity index (χ0v) is 28.1. The third-order valence-electron chi connectivity index (χ3n) is 10.8. The van der Waals surface area contributed by atoms with E-state index in [1.165, 1.54) is 24.4 Å². The minimum atomic E-state index is -0.681. The van der Waals surface area contributed by atoms with Crippen LogP contribution in [-0.2, 0) is 26.1 Å². The number of carbonyl (C=O) groups is 3. The van der Waals surface area contributed by atoms with Gasteiger partial charge in [0, 0.05) is 67.7 Å². The van der Waals surface area contributed by atoms with Crippen LogP contribution in [0, 0.1) is 0 Å². The molecule has 2 aromatic carbocycles. The number of aromatic amines is 1. The van der Waals surface area contributed by atoms with Gasteiger partial charge in [0.2, 0.25) is 11.8 Å². The van der Waals surface area contributed by atoms with Crippen molar-refractivity contribution in [3.63, 3.8) is 0 Å². The van der Waals surface area contributed by atoms with E-state index in [9.17, 15) is 14.4 Å². The van der Waals surface area contributed by atoms with E-state index in [4.69, 9.17) is 4.70 Å². The Hall–Kier alpha value is -3.99. The Labute approximate surface area is 284 Å². The van der Waals surface area contributed by atoms with Crippen molar-refractivity contribution in [1.82, 2.24) is 30.7 Å². The number of benzene rings is 2. The van der Waals surface area contributed by atoms with Gasteiger partial charge < -0.3 is 30.7 Å². The molecule has 4 amide bonds. The molecule has 3 fully saturated rings. The van der Waals surface area contributed by atoms with Gasteiger partial charge in [-0.1, -0.05) is 42.5 Å². The van der Waals surface area contributed by atoms with Crippen LogP contribution in [0.15, 0.2) is 54.7 Å². The first-order chi connectivity index (χ1) is 23.4. The van der Waals surface area contributed by atoms with Crippen molar-refractivity contribution in [2.45, 2.75) is 88.0 Å². The van der Waals surface area contributed by atoms with Crippen LogP contribution in [0.3, 0.4) is 0 Å². The summed E-state index contributed by atoms with van der Waals surface area (Å²) >= 11 is 0. The molecular weight excluding hydrogens is 603 g/mol. The largest absolute Gasteiger partial charge is 0.361 e. The Bertz CT molecular complexity index is 1590. The summed E-state index contributed by atoms with van der Waals surface area (Å²) in [6.07, 6.45) is 10.2. The number of amides is 4. The molecule has 3 saturated heterocycles. The molecule has 4 heterocycles. The summed E-state index contributed by atoms with van der Waals surface area (Å²) in [7, 11) is 0.750. The van der Waals surface area contributed by atoms with E-state index in [1.807, 2.05) is 29.3 Å². The van der Waals surface area contributed by atoms with Crippen LogP contribution >= 0.6 is 0 Å². The van der Waals surface area contributed by atoms with E-state index >= 15 is 0 Å². The predicted octanol–water partition coefficient (Wildman–Crippen LogP) is 4.27. The number of urea groups is 1. The van der Waals surface area contributed by atoms with Gasteiger partial charge in [-0.2, -0.15) is 0 Å². The first-order valence-corrected chi connectivity index (χ1v) is 17.8. The van der Waals surface area contributed by atoms with Crippen LogP contribution in [0.5, 0.6) is 0 Å². The van der Waals surface area contributed by atoms with Gasteiger partial charge in [-0.05, 0) is 80.7 Å². The maximum Gasteiger partial charge on any atom is 0.315 e. The molecule has 3 aromatic rings. The molecule has 2 unspecified atom stereocenters. The number of fused-ring (bicyclic) bond motifs is 3. The van der Waals surface area contributed by atoms with Gasteiger partial charge in [0.1, 0.15) is 6.04 Å². The maximum absolute atomic E-state index is 14.2. The van der Waals surface area contributed by atoms with Gasteiger partial charge in [0.15, 0.2) is 0 Å². The third-order valence-corrected chi connectivity index (χ3v) is 10.8. The second-order valence-electron chi connectivity index (χ2n) is 13.8. The Balaban J connectivity index is 0.00000129. The van der Waals surface area contributed by atoms with Gasteiger partial charge in [-0.3, -0.25) is 9.59 Å². The van der Waals surface area contributed by atoms with Crippen molar-refractivity contribution >= 4 is 35.9 Å². The topological polar surface area (TPSA) is 127 Å². The number of nitrogens with one attached hydrogen (secondary N) is 4. The van der Waals surface area contributed by atoms with Crippen molar-refractivity contribution < 1.29 is 19.1 Å². The zero-order valence-electron chi connectivity index (χ0n) is 28.1. The van der Waals surface area contributed by atoms with Crippen molar-refractivity contribution in [3.05, 3.63) is 71.4 Å². The predicted molar refractivity (Wildman–Crippen MR) is 187 cm³/mol. The SMILES string of the molecule is CB=O.O=C(NC1CCCNC1)NC(Cc1c[nH]c2ccccc12)C(=O)N1CCC2(CC1)C[C@@H](C(=O)N1CCCCC1)c1ccccc12. The fraction of sp³-hybridized carbons (Fsp3) is 0.541. The van der Waals surface area contributed by atoms with Gasteiger partial charge >= 0.3 is 24.7 Å². The Morgan fingerprint density at radius 3 is 2.44 bits per heavy atom. The molecule has 1 spiro atoms. The molecular formula is C37H49BN6O4. The molecule has 1 aromatic heterocycles. The number of rotatable bonds is 6. The fourth-order valence-electron chi connectivity index (χ4n) is 8.38. The summed E-state index contributed by atoms with van der Waals surface area (Å²) < 4.78 is 8.81. The number of hydrogen-bond donors (Lipinski definition) is 4. The summed E-state index contributed by atoms with van der Waals surface area (Å²) in [5, 5.41) is 10.6. The van der Waals surface area contributed by atoms with E-state index in [1.54, 1.807) is 0 Å². The average molecular weight is 653 g/mol. The first-order valence-electron chi connectivity index (χ1n) is 17.8. The maximum atomic E-state index is 14.2. The van der Waals surface area contributed by atoms with Gasteiger partial charge in [0.25, 0.3) is 0 Å². The summed E-state index contributed by atoms with van der Waals surface area (Å²) in [5.41, 5.74) is 4.40. The van der Waals surface area contributed by atoms with E-state index in [2.05, 4.69) is 56.2 Å². The summed E-state index contributed by atoms with van der Waals surface area (Å²) in [6.45, 7) is 6.10. The fourth-order valence-corrected chi connectivity index (χ4v) is 8.38. The van der Waals surface area contributed by atoms with Crippen LogP contribution in [-0.4, -0.2) is 91.1 Å². The molecule has 0 radical (unpaired) electrons. The molecule has 4 N–H and O–H groups in total. The van der Waals surface area contributed by atoms with E-state index in [-0.39, 0.29) is 35.2 Å². The molecule has 1 aliphatic carbocycles. The van der Waals surface area contributed by atoms with E-state index in [0.717, 1.165) is 94.7 Å². The number of likely N-dealkylation sites (tertiary alicyclic amines) is 2. The molecule has 4 aliphatic rings. The Morgan fingerprint density at radius 1 is 0.958 bits per heavy atom. The number of piperidine rings is 3. The smallest absolute Gasteiger partial charge is 0.315 e. The van der Waals surface area contributed by atoms with Crippen LogP contribution in [0.1, 0.15) is 74.0 Å². The summed E-state index contributed by atoms with van der Waals surface area (Å²) in [4.78, 5) is 48.5. The number of hydrogen-bond acceptors (Lipinski definition) is 5. The van der Waals surface area contributed by atoms with Crippen molar-refractivity contribution in [2.24, 2.45) is 0 Å². The normalized spacial score (nSPS) is 22.2. The molecule has 0 bridgehead atoms. The molecule has 10 nitrogen and oxygen atoms in total. The first kappa shape index (κ1) is 33.9. The molecule has 0 saturated carbocycles. The van der Waals surface area contributed by atoms with Gasteiger partial charge in [-0.15, -0.1) is 0 Å². The molecule has 254 valence electrons. The third kappa shape index (κ3) is 7.36. The molecule has 11 heteroatoms. The average Bonchev–Trinajstić information content (AvgIpc) is 3.68. The minimum Gasteiger partial charge on any atom is -0.361 e. The Kier molecular flexibility index (Phi) is 10.9. The molecule has 3 atom stereocenters. The summed E-state index contributed by atoms with van der Waals surface area (Å²) in [6, 6.07) is 15.7. The van der Waals surface area contributed by atoms with E-state index in [0.29, 0.717) is 19.5 Å². The Morgan fingerprint density at radius 2 is 1.69 bits per heavy atom. The number of H-pyrrole nitrogens is 1. The summed E-state index contributed by atoms with van der Waals surface area (Å²) in [5.74, 6) is 0.134. The second kappa shape index (κ2) is 15.5. The van der Waals surface area contributed by atoms with Gasteiger partial charge in [0.05, 0.1) is 5.92 Å². The van der Waals surface area contributed by atoms with Crippen molar-refractivity contribution in [3.8, 4) is 0 Å². The van der Waals surface area contributed by atoms with Crippen molar-refractivity contribution in [2.75, 3.05) is 39.3 Å².